The quantitative estimate of drug-likeness (QED) is 0.543. The third kappa shape index (κ3) is 6.20. The first-order chi connectivity index (χ1) is 14.5. The fraction of sp³-hybridized carbons (Fsp3) is 0.435. The Kier molecular flexibility index (Phi) is 7.65. The molecule has 2 heterocycles. The van der Waals surface area contributed by atoms with Gasteiger partial charge in [0.1, 0.15) is 6.61 Å². The molecule has 1 aliphatic heterocycles. The molecule has 3 rings (SSSR count). The van der Waals surface area contributed by atoms with Crippen molar-refractivity contribution in [3.63, 3.8) is 0 Å². The van der Waals surface area contributed by atoms with Crippen LogP contribution < -0.4 is 15.4 Å². The predicted molar refractivity (Wildman–Crippen MR) is 118 cm³/mol. The van der Waals surface area contributed by atoms with Gasteiger partial charge in [-0.05, 0) is 23.6 Å². The highest BCUT2D eigenvalue weighted by molar-refractivity contribution is 5.81. The second-order valence-corrected chi connectivity index (χ2v) is 7.77. The SMILES string of the molecule is CN=C(NCc1ccnc(OCc2ccccc2)c1)NC1CCN(C(=O)C(C)C)C1. The number of benzene rings is 1. The first kappa shape index (κ1) is 21.6. The van der Waals surface area contributed by atoms with Crippen molar-refractivity contribution < 1.29 is 9.53 Å². The van der Waals surface area contributed by atoms with E-state index >= 15 is 0 Å². The van der Waals surface area contributed by atoms with Crippen LogP contribution in [0.5, 0.6) is 5.88 Å². The van der Waals surface area contributed by atoms with Crippen molar-refractivity contribution in [2.24, 2.45) is 10.9 Å². The molecule has 0 aliphatic carbocycles. The number of aliphatic imine (C=N–C) groups is 1. The van der Waals surface area contributed by atoms with Gasteiger partial charge in [-0.15, -0.1) is 0 Å². The van der Waals surface area contributed by atoms with E-state index in [-0.39, 0.29) is 17.9 Å². The first-order valence-electron chi connectivity index (χ1n) is 10.4. The average molecular weight is 410 g/mol. The normalized spacial score (nSPS) is 16.6. The molecule has 2 aromatic rings. The zero-order valence-corrected chi connectivity index (χ0v) is 18.0. The Bertz CT molecular complexity index is 854. The van der Waals surface area contributed by atoms with Gasteiger partial charge in [-0.2, -0.15) is 0 Å². The Morgan fingerprint density at radius 1 is 1.27 bits per heavy atom. The molecule has 1 fully saturated rings. The number of amides is 1. The maximum atomic E-state index is 12.2. The van der Waals surface area contributed by atoms with Crippen molar-refractivity contribution in [2.45, 2.75) is 39.5 Å². The molecule has 1 unspecified atom stereocenters. The summed E-state index contributed by atoms with van der Waals surface area (Å²) in [6.45, 7) is 6.47. The van der Waals surface area contributed by atoms with E-state index in [0.29, 0.717) is 25.6 Å². The number of guanidine groups is 1. The summed E-state index contributed by atoms with van der Waals surface area (Å²) in [5.74, 6) is 1.57. The lowest BCUT2D eigenvalue weighted by Gasteiger charge is -2.20. The number of hydrogen-bond acceptors (Lipinski definition) is 4. The van der Waals surface area contributed by atoms with E-state index in [1.165, 1.54) is 0 Å². The van der Waals surface area contributed by atoms with Gasteiger partial charge in [0, 0.05) is 50.9 Å². The summed E-state index contributed by atoms with van der Waals surface area (Å²) in [5, 5.41) is 6.75. The minimum atomic E-state index is 0.0335. The van der Waals surface area contributed by atoms with Crippen LogP contribution in [0, 0.1) is 5.92 Å². The summed E-state index contributed by atoms with van der Waals surface area (Å²) < 4.78 is 5.80. The van der Waals surface area contributed by atoms with Crippen LogP contribution in [0.25, 0.3) is 0 Å². The molecule has 1 aliphatic rings. The Morgan fingerprint density at radius 3 is 2.80 bits per heavy atom. The van der Waals surface area contributed by atoms with Crippen LogP contribution in [-0.2, 0) is 17.9 Å². The molecule has 1 saturated heterocycles. The molecule has 0 spiro atoms. The molecule has 1 amide bonds. The fourth-order valence-corrected chi connectivity index (χ4v) is 3.39. The number of ether oxygens (including phenoxy) is 1. The maximum absolute atomic E-state index is 12.2. The molecule has 30 heavy (non-hydrogen) atoms. The van der Waals surface area contributed by atoms with Crippen LogP contribution in [-0.4, -0.2) is 47.9 Å². The predicted octanol–water partition coefficient (Wildman–Crippen LogP) is 2.58. The number of aromatic nitrogens is 1. The van der Waals surface area contributed by atoms with Gasteiger partial charge >= 0.3 is 0 Å². The summed E-state index contributed by atoms with van der Waals surface area (Å²) in [5.41, 5.74) is 2.16. The van der Waals surface area contributed by atoms with E-state index in [4.69, 9.17) is 4.74 Å². The van der Waals surface area contributed by atoms with Crippen molar-refractivity contribution in [1.29, 1.82) is 0 Å². The second-order valence-electron chi connectivity index (χ2n) is 7.77. The van der Waals surface area contributed by atoms with Crippen LogP contribution in [0.1, 0.15) is 31.4 Å². The third-order valence-corrected chi connectivity index (χ3v) is 5.05. The zero-order chi connectivity index (χ0) is 21.3. The number of carbonyl (C=O) groups is 1. The molecule has 0 radical (unpaired) electrons. The zero-order valence-electron chi connectivity index (χ0n) is 18.0. The van der Waals surface area contributed by atoms with E-state index in [0.717, 1.165) is 30.1 Å². The average Bonchev–Trinajstić information content (AvgIpc) is 3.24. The monoisotopic (exact) mass is 409 g/mol. The Labute approximate surface area is 178 Å². The smallest absolute Gasteiger partial charge is 0.225 e. The van der Waals surface area contributed by atoms with Gasteiger partial charge in [-0.3, -0.25) is 9.79 Å². The number of rotatable bonds is 7. The van der Waals surface area contributed by atoms with E-state index in [2.05, 4.69) is 20.6 Å². The number of pyridine rings is 1. The summed E-state index contributed by atoms with van der Waals surface area (Å²) >= 11 is 0. The minimum absolute atomic E-state index is 0.0335. The van der Waals surface area contributed by atoms with Crippen LogP contribution >= 0.6 is 0 Å². The molecule has 2 N–H and O–H groups in total. The summed E-state index contributed by atoms with van der Waals surface area (Å²) in [6.07, 6.45) is 2.67. The molecular weight excluding hydrogens is 378 g/mol. The molecule has 0 saturated carbocycles. The van der Waals surface area contributed by atoms with Gasteiger partial charge in [0.05, 0.1) is 0 Å². The topological polar surface area (TPSA) is 78.9 Å². The van der Waals surface area contributed by atoms with Gasteiger partial charge in [-0.1, -0.05) is 44.2 Å². The fourth-order valence-electron chi connectivity index (χ4n) is 3.39. The molecular formula is C23H31N5O2. The van der Waals surface area contributed by atoms with Gasteiger partial charge in [0.25, 0.3) is 0 Å². The van der Waals surface area contributed by atoms with Crippen LogP contribution in [0.3, 0.4) is 0 Å². The lowest BCUT2D eigenvalue weighted by Crippen LogP contribution is -2.45. The highest BCUT2D eigenvalue weighted by Gasteiger charge is 2.27. The number of carbonyl (C=O) groups excluding carboxylic acids is 1. The first-order valence-corrected chi connectivity index (χ1v) is 10.4. The lowest BCUT2D eigenvalue weighted by molar-refractivity contribution is -0.133. The van der Waals surface area contributed by atoms with Crippen molar-refractivity contribution >= 4 is 11.9 Å². The molecule has 1 aromatic carbocycles. The lowest BCUT2D eigenvalue weighted by atomic mass is 10.2. The molecule has 7 heteroatoms. The number of nitrogens with zero attached hydrogens (tertiary/aromatic N) is 3. The van der Waals surface area contributed by atoms with Crippen molar-refractivity contribution in [3.05, 3.63) is 59.8 Å². The van der Waals surface area contributed by atoms with Gasteiger partial charge in [0.2, 0.25) is 11.8 Å². The second kappa shape index (κ2) is 10.6. The Hall–Kier alpha value is -3.09. The summed E-state index contributed by atoms with van der Waals surface area (Å²) in [6, 6.07) is 14.1. The van der Waals surface area contributed by atoms with Crippen LogP contribution in [0.4, 0.5) is 0 Å². The van der Waals surface area contributed by atoms with Crippen molar-refractivity contribution in [2.75, 3.05) is 20.1 Å². The highest BCUT2D eigenvalue weighted by atomic mass is 16.5. The Balaban J connectivity index is 1.47. The van der Waals surface area contributed by atoms with E-state index in [1.54, 1.807) is 13.2 Å². The van der Waals surface area contributed by atoms with E-state index in [1.807, 2.05) is 61.2 Å². The molecule has 1 aromatic heterocycles. The van der Waals surface area contributed by atoms with Crippen molar-refractivity contribution in [1.82, 2.24) is 20.5 Å². The summed E-state index contributed by atoms with van der Waals surface area (Å²) in [7, 11) is 1.75. The van der Waals surface area contributed by atoms with Crippen molar-refractivity contribution in [3.8, 4) is 5.88 Å². The largest absolute Gasteiger partial charge is 0.473 e. The van der Waals surface area contributed by atoms with E-state index in [9.17, 15) is 4.79 Å². The summed E-state index contributed by atoms with van der Waals surface area (Å²) in [4.78, 5) is 22.7. The van der Waals surface area contributed by atoms with Crippen LogP contribution in [0.2, 0.25) is 0 Å². The van der Waals surface area contributed by atoms with Gasteiger partial charge < -0.3 is 20.3 Å². The van der Waals surface area contributed by atoms with Gasteiger partial charge in [-0.25, -0.2) is 4.98 Å². The standard InChI is InChI=1S/C23H31N5O2/c1-17(2)22(29)28-12-10-20(15-28)27-23(24-3)26-14-19-9-11-25-21(13-19)30-16-18-7-5-4-6-8-18/h4-9,11,13,17,20H,10,12,14-16H2,1-3H3,(H2,24,26,27). The number of hydrogen-bond donors (Lipinski definition) is 2. The maximum Gasteiger partial charge on any atom is 0.225 e. The molecule has 160 valence electrons. The van der Waals surface area contributed by atoms with E-state index < -0.39 is 0 Å². The number of likely N-dealkylation sites (tertiary alicyclic amines) is 1. The van der Waals surface area contributed by atoms with Gasteiger partial charge in [0.15, 0.2) is 5.96 Å². The van der Waals surface area contributed by atoms with Crippen LogP contribution in [0.15, 0.2) is 53.7 Å². The minimum Gasteiger partial charge on any atom is -0.473 e. The number of nitrogens with one attached hydrogen (secondary N) is 2. The third-order valence-electron chi connectivity index (χ3n) is 5.05. The molecule has 1 atom stereocenters. The molecule has 0 bridgehead atoms. The molecule has 7 nitrogen and oxygen atoms in total. The Morgan fingerprint density at radius 2 is 2.07 bits per heavy atom. The highest BCUT2D eigenvalue weighted by Crippen LogP contribution is 2.14.